The highest BCUT2D eigenvalue weighted by Gasteiger charge is 2.18. The molecule has 0 saturated heterocycles. The van der Waals surface area contributed by atoms with Gasteiger partial charge in [-0.3, -0.25) is 14.6 Å². The standard InChI is InChI=1S/C13H20N6O/c1-8(2)11-10(14)12(18-17-11)13(20)15-5-4-9-6-16-19(3)7-9/h6-8H,4-5,14H2,1-3H3,(H,15,20)(H,17,18). The zero-order chi connectivity index (χ0) is 14.7. The average molecular weight is 276 g/mol. The topological polar surface area (TPSA) is 102 Å². The van der Waals surface area contributed by atoms with E-state index in [-0.39, 0.29) is 17.5 Å². The van der Waals surface area contributed by atoms with Crippen LogP contribution in [-0.2, 0) is 13.5 Å². The molecule has 7 heteroatoms. The van der Waals surface area contributed by atoms with Gasteiger partial charge in [0, 0.05) is 19.8 Å². The summed E-state index contributed by atoms with van der Waals surface area (Å²) in [6, 6.07) is 0. The molecule has 0 aromatic carbocycles. The van der Waals surface area contributed by atoms with E-state index in [1.165, 1.54) is 0 Å². The molecule has 2 aromatic rings. The van der Waals surface area contributed by atoms with Crippen LogP contribution in [0.2, 0.25) is 0 Å². The molecule has 0 aliphatic carbocycles. The molecule has 7 nitrogen and oxygen atoms in total. The van der Waals surface area contributed by atoms with Crippen molar-refractivity contribution in [2.45, 2.75) is 26.2 Å². The second-order valence-electron chi connectivity index (χ2n) is 5.08. The fraction of sp³-hybridized carbons (Fsp3) is 0.462. The number of nitrogens with zero attached hydrogens (tertiary/aromatic N) is 3. The number of nitrogen functional groups attached to an aromatic ring is 1. The number of carbonyl (C=O) groups is 1. The van der Waals surface area contributed by atoms with E-state index in [0.717, 1.165) is 17.7 Å². The predicted octanol–water partition coefficient (Wildman–Crippen LogP) is 0.821. The molecule has 0 aliphatic rings. The molecule has 0 spiro atoms. The molecule has 0 aliphatic heterocycles. The van der Waals surface area contributed by atoms with E-state index >= 15 is 0 Å². The van der Waals surface area contributed by atoms with Crippen molar-refractivity contribution in [2.75, 3.05) is 12.3 Å². The number of aromatic nitrogens is 4. The lowest BCUT2D eigenvalue weighted by molar-refractivity contribution is 0.0950. The molecule has 0 bridgehead atoms. The van der Waals surface area contributed by atoms with E-state index in [1.807, 2.05) is 27.1 Å². The number of aromatic amines is 1. The largest absolute Gasteiger partial charge is 0.395 e. The lowest BCUT2D eigenvalue weighted by Gasteiger charge is -2.04. The number of rotatable bonds is 5. The van der Waals surface area contributed by atoms with E-state index < -0.39 is 0 Å². The summed E-state index contributed by atoms with van der Waals surface area (Å²) in [6.45, 7) is 4.51. The molecule has 1 amide bonds. The number of hydrogen-bond donors (Lipinski definition) is 3. The van der Waals surface area contributed by atoms with Crippen LogP contribution in [0.5, 0.6) is 0 Å². The van der Waals surface area contributed by atoms with Crippen LogP contribution in [0, 0.1) is 0 Å². The number of nitrogens with two attached hydrogens (primary N) is 1. The van der Waals surface area contributed by atoms with Crippen LogP contribution in [-0.4, -0.2) is 32.4 Å². The van der Waals surface area contributed by atoms with Crippen LogP contribution in [0.3, 0.4) is 0 Å². The lowest BCUT2D eigenvalue weighted by Crippen LogP contribution is -2.26. The Morgan fingerprint density at radius 1 is 1.55 bits per heavy atom. The summed E-state index contributed by atoms with van der Waals surface area (Å²) in [7, 11) is 1.86. The first kappa shape index (κ1) is 14.1. The molecule has 108 valence electrons. The number of aryl methyl sites for hydroxylation is 1. The number of amides is 1. The van der Waals surface area contributed by atoms with Gasteiger partial charge in [-0.25, -0.2) is 0 Å². The summed E-state index contributed by atoms with van der Waals surface area (Å²) in [5.41, 5.74) is 8.49. The number of hydrogen-bond acceptors (Lipinski definition) is 4. The minimum Gasteiger partial charge on any atom is -0.395 e. The molecule has 2 heterocycles. The minimum absolute atomic E-state index is 0.208. The highest BCUT2D eigenvalue weighted by Crippen LogP contribution is 2.21. The van der Waals surface area contributed by atoms with Gasteiger partial charge in [0.1, 0.15) is 0 Å². The van der Waals surface area contributed by atoms with Crippen LogP contribution < -0.4 is 11.1 Å². The van der Waals surface area contributed by atoms with Gasteiger partial charge in [0.25, 0.3) is 5.91 Å². The van der Waals surface area contributed by atoms with Crippen LogP contribution in [0.15, 0.2) is 12.4 Å². The Balaban J connectivity index is 1.92. The van der Waals surface area contributed by atoms with Gasteiger partial charge in [0.2, 0.25) is 0 Å². The van der Waals surface area contributed by atoms with Gasteiger partial charge in [0.05, 0.1) is 17.6 Å². The molecule has 4 N–H and O–H groups in total. The third kappa shape index (κ3) is 2.98. The summed E-state index contributed by atoms with van der Waals surface area (Å²) in [5.74, 6) is -0.0472. The van der Waals surface area contributed by atoms with E-state index in [0.29, 0.717) is 12.2 Å². The Labute approximate surface area is 117 Å². The van der Waals surface area contributed by atoms with Gasteiger partial charge in [-0.2, -0.15) is 10.2 Å². The number of carbonyl (C=O) groups excluding carboxylic acids is 1. The number of anilines is 1. The van der Waals surface area contributed by atoms with Gasteiger partial charge in [-0.1, -0.05) is 13.8 Å². The third-order valence-electron chi connectivity index (χ3n) is 3.08. The normalized spacial score (nSPS) is 11.0. The van der Waals surface area contributed by atoms with E-state index in [1.54, 1.807) is 10.9 Å². The smallest absolute Gasteiger partial charge is 0.273 e. The van der Waals surface area contributed by atoms with Crippen LogP contribution >= 0.6 is 0 Å². The Kier molecular flexibility index (Phi) is 4.07. The summed E-state index contributed by atoms with van der Waals surface area (Å²) in [4.78, 5) is 12.0. The Morgan fingerprint density at radius 3 is 2.85 bits per heavy atom. The molecule has 2 rings (SSSR count). The van der Waals surface area contributed by atoms with E-state index in [4.69, 9.17) is 5.73 Å². The fourth-order valence-electron chi connectivity index (χ4n) is 1.98. The minimum atomic E-state index is -0.255. The summed E-state index contributed by atoms with van der Waals surface area (Å²) < 4.78 is 1.73. The number of nitrogens with one attached hydrogen (secondary N) is 2. The first-order valence-corrected chi connectivity index (χ1v) is 6.58. The Morgan fingerprint density at radius 2 is 2.30 bits per heavy atom. The van der Waals surface area contributed by atoms with Crippen molar-refractivity contribution >= 4 is 11.6 Å². The van der Waals surface area contributed by atoms with Gasteiger partial charge in [-0.15, -0.1) is 0 Å². The van der Waals surface area contributed by atoms with Gasteiger partial charge >= 0.3 is 0 Å². The van der Waals surface area contributed by atoms with Crippen LogP contribution in [0.25, 0.3) is 0 Å². The second-order valence-corrected chi connectivity index (χ2v) is 5.08. The zero-order valence-corrected chi connectivity index (χ0v) is 12.0. The molecule has 20 heavy (non-hydrogen) atoms. The molecule has 0 unspecified atom stereocenters. The molecule has 2 aromatic heterocycles. The SMILES string of the molecule is CC(C)c1[nH]nc(C(=O)NCCc2cnn(C)c2)c1N. The summed E-state index contributed by atoms with van der Waals surface area (Å²) in [5, 5.41) is 13.7. The maximum Gasteiger partial charge on any atom is 0.273 e. The van der Waals surface area contributed by atoms with Gasteiger partial charge in [-0.05, 0) is 17.9 Å². The quantitative estimate of drug-likeness (QED) is 0.752. The first-order valence-electron chi connectivity index (χ1n) is 6.58. The molecule has 0 saturated carbocycles. The van der Waals surface area contributed by atoms with Crippen molar-refractivity contribution in [3.8, 4) is 0 Å². The summed E-state index contributed by atoms with van der Waals surface area (Å²) >= 11 is 0. The average Bonchev–Trinajstić information content (AvgIpc) is 2.95. The van der Waals surface area contributed by atoms with Gasteiger partial charge in [0.15, 0.2) is 5.69 Å². The first-order chi connectivity index (χ1) is 9.49. The van der Waals surface area contributed by atoms with Gasteiger partial charge < -0.3 is 11.1 Å². The lowest BCUT2D eigenvalue weighted by atomic mass is 10.1. The van der Waals surface area contributed by atoms with Crippen molar-refractivity contribution in [2.24, 2.45) is 7.05 Å². The van der Waals surface area contributed by atoms with Crippen molar-refractivity contribution in [3.63, 3.8) is 0 Å². The van der Waals surface area contributed by atoms with Crippen molar-refractivity contribution in [1.82, 2.24) is 25.3 Å². The monoisotopic (exact) mass is 276 g/mol. The zero-order valence-electron chi connectivity index (χ0n) is 12.0. The fourth-order valence-corrected chi connectivity index (χ4v) is 1.98. The highest BCUT2D eigenvalue weighted by atomic mass is 16.1. The second kappa shape index (κ2) is 5.77. The summed E-state index contributed by atoms with van der Waals surface area (Å²) in [6.07, 6.45) is 4.43. The van der Waals surface area contributed by atoms with Crippen LogP contribution in [0.1, 0.15) is 41.5 Å². The molecule has 0 atom stereocenters. The van der Waals surface area contributed by atoms with E-state index in [2.05, 4.69) is 20.6 Å². The van der Waals surface area contributed by atoms with Crippen molar-refractivity contribution in [3.05, 3.63) is 29.3 Å². The molecular weight excluding hydrogens is 256 g/mol. The third-order valence-corrected chi connectivity index (χ3v) is 3.08. The Bertz CT molecular complexity index is 598. The molecule has 0 radical (unpaired) electrons. The van der Waals surface area contributed by atoms with Crippen molar-refractivity contribution in [1.29, 1.82) is 0 Å². The predicted molar refractivity (Wildman–Crippen MR) is 76.3 cm³/mol. The van der Waals surface area contributed by atoms with E-state index in [9.17, 15) is 4.79 Å². The molecular formula is C13H20N6O. The Hall–Kier alpha value is -2.31. The molecule has 0 fully saturated rings. The van der Waals surface area contributed by atoms with Crippen molar-refractivity contribution < 1.29 is 4.79 Å². The van der Waals surface area contributed by atoms with Crippen LogP contribution in [0.4, 0.5) is 5.69 Å². The maximum atomic E-state index is 12.0. The highest BCUT2D eigenvalue weighted by molar-refractivity contribution is 5.97. The number of H-pyrrole nitrogens is 1. The maximum absolute atomic E-state index is 12.0.